The number of hydrogen-bond acceptors (Lipinski definition) is 2. The van der Waals surface area contributed by atoms with Crippen LogP contribution >= 0.6 is 0 Å². The van der Waals surface area contributed by atoms with Gasteiger partial charge in [-0.3, -0.25) is 4.79 Å². The van der Waals surface area contributed by atoms with Crippen molar-refractivity contribution in [1.82, 2.24) is 0 Å². The summed E-state index contributed by atoms with van der Waals surface area (Å²) in [5.41, 5.74) is 0.889. The summed E-state index contributed by atoms with van der Waals surface area (Å²) in [6.45, 7) is 21.1. The highest BCUT2D eigenvalue weighted by Crippen LogP contribution is 2.15. The Labute approximate surface area is 139 Å². The predicted molar refractivity (Wildman–Crippen MR) is 102 cm³/mol. The molecule has 0 amide bonds. The second-order valence-electron chi connectivity index (χ2n) is 3.37. The number of aliphatic hydroxyl groups excluding tert-OH is 1. The fourth-order valence-electron chi connectivity index (χ4n) is 1.34. The number of ketones is 1. The molecule has 0 unspecified atom stereocenters. The first-order chi connectivity index (χ1) is 10.6. The van der Waals surface area contributed by atoms with E-state index in [9.17, 15) is 9.90 Å². The summed E-state index contributed by atoms with van der Waals surface area (Å²) < 4.78 is 0. The lowest BCUT2D eigenvalue weighted by Gasteiger charge is -2.05. The normalized spacial score (nSPS) is 10.4. The van der Waals surface area contributed by atoms with E-state index in [2.05, 4.69) is 6.58 Å². The molecule has 0 fully saturated rings. The van der Waals surface area contributed by atoms with E-state index in [1.807, 2.05) is 74.5 Å². The first kappa shape index (κ1) is 28.6. The molecule has 0 aliphatic carbocycles. The molecule has 130 valence electrons. The molecule has 0 radical (unpaired) electrons. The van der Waals surface area contributed by atoms with Crippen molar-refractivity contribution in [3.05, 3.63) is 47.8 Å². The Bertz CT molecular complexity index is 345. The van der Waals surface area contributed by atoms with Crippen molar-refractivity contribution in [3.8, 4) is 0 Å². The Hall–Kier alpha value is -1.57. The molecule has 0 heterocycles. The van der Waals surface area contributed by atoms with E-state index >= 15 is 0 Å². The number of hydrogen-bond donors (Lipinski definition) is 1. The van der Waals surface area contributed by atoms with Gasteiger partial charge < -0.3 is 5.11 Å². The van der Waals surface area contributed by atoms with Crippen LogP contribution in [-0.2, 0) is 4.79 Å². The minimum Gasteiger partial charge on any atom is -0.508 e. The van der Waals surface area contributed by atoms with Crippen LogP contribution in [0.4, 0.5) is 0 Å². The molecule has 0 aromatic rings. The van der Waals surface area contributed by atoms with Crippen LogP contribution in [0.2, 0.25) is 0 Å². The van der Waals surface area contributed by atoms with Crippen LogP contribution in [0.3, 0.4) is 0 Å². The average molecular weight is 311 g/mol. The highest BCUT2D eigenvalue weighted by Gasteiger charge is 2.14. The molecule has 0 aliphatic rings. The molecule has 2 nitrogen and oxygen atoms in total. The van der Waals surface area contributed by atoms with E-state index < -0.39 is 0 Å². The van der Waals surface area contributed by atoms with Crippen molar-refractivity contribution >= 4 is 5.78 Å². The number of carbonyl (C=O) groups excluding carboxylic acids is 1. The van der Waals surface area contributed by atoms with Gasteiger partial charge in [0.25, 0.3) is 0 Å². The van der Waals surface area contributed by atoms with Gasteiger partial charge in [-0.05, 0) is 19.8 Å². The molecule has 22 heavy (non-hydrogen) atoms. The molecule has 2 heteroatoms. The van der Waals surface area contributed by atoms with Gasteiger partial charge in [0.15, 0.2) is 5.78 Å². The Morgan fingerprint density at radius 1 is 0.955 bits per heavy atom. The Morgan fingerprint density at radius 3 is 1.64 bits per heavy atom. The molecular formula is C20H38O2. The van der Waals surface area contributed by atoms with Crippen LogP contribution in [0, 0.1) is 0 Å². The van der Waals surface area contributed by atoms with Crippen molar-refractivity contribution < 1.29 is 9.90 Å². The van der Waals surface area contributed by atoms with Crippen molar-refractivity contribution in [2.24, 2.45) is 0 Å². The van der Waals surface area contributed by atoms with Crippen LogP contribution in [0.1, 0.15) is 75.2 Å². The third-order valence-electron chi connectivity index (χ3n) is 2.00. The van der Waals surface area contributed by atoms with E-state index in [0.717, 1.165) is 6.42 Å². The SMILES string of the molecule is C=C(O)/C(=C\CC)C(=O)C(/C=C\C)=C/CC.CC.CC.CC. The largest absolute Gasteiger partial charge is 0.508 e. The van der Waals surface area contributed by atoms with Crippen LogP contribution in [0.15, 0.2) is 47.8 Å². The van der Waals surface area contributed by atoms with E-state index in [-0.39, 0.29) is 11.5 Å². The van der Waals surface area contributed by atoms with Crippen molar-refractivity contribution in [2.75, 3.05) is 0 Å². The van der Waals surface area contributed by atoms with Crippen LogP contribution in [-0.4, -0.2) is 10.9 Å². The monoisotopic (exact) mass is 310 g/mol. The topological polar surface area (TPSA) is 37.3 Å². The lowest BCUT2D eigenvalue weighted by Crippen LogP contribution is -2.07. The summed E-state index contributed by atoms with van der Waals surface area (Å²) in [4.78, 5) is 12.0. The third kappa shape index (κ3) is 14.8. The van der Waals surface area contributed by atoms with Gasteiger partial charge in [0.2, 0.25) is 0 Å². The van der Waals surface area contributed by atoms with Crippen LogP contribution in [0.5, 0.6) is 0 Å². The van der Waals surface area contributed by atoms with Crippen molar-refractivity contribution in [3.63, 3.8) is 0 Å². The summed E-state index contributed by atoms with van der Waals surface area (Å²) in [6, 6.07) is 0. The highest BCUT2D eigenvalue weighted by atomic mass is 16.3. The van der Waals surface area contributed by atoms with Gasteiger partial charge in [-0.25, -0.2) is 0 Å². The second-order valence-corrected chi connectivity index (χ2v) is 3.37. The number of rotatable bonds is 6. The van der Waals surface area contributed by atoms with Gasteiger partial charge in [0.1, 0.15) is 5.76 Å². The van der Waals surface area contributed by atoms with E-state index in [1.165, 1.54) is 0 Å². The van der Waals surface area contributed by atoms with Gasteiger partial charge in [-0.15, -0.1) is 0 Å². The molecule has 0 saturated heterocycles. The van der Waals surface area contributed by atoms with Gasteiger partial charge in [0, 0.05) is 5.57 Å². The maximum atomic E-state index is 12.0. The predicted octanol–water partition coefficient (Wildman–Crippen LogP) is 6.95. The van der Waals surface area contributed by atoms with Gasteiger partial charge in [0.05, 0.1) is 5.57 Å². The second kappa shape index (κ2) is 24.4. The highest BCUT2D eigenvalue weighted by molar-refractivity contribution is 6.12. The maximum Gasteiger partial charge on any atom is 0.196 e. The van der Waals surface area contributed by atoms with E-state index in [1.54, 1.807) is 12.2 Å². The van der Waals surface area contributed by atoms with Crippen molar-refractivity contribution in [2.45, 2.75) is 75.2 Å². The molecule has 0 saturated carbocycles. The maximum absolute atomic E-state index is 12.0. The fraction of sp³-hybridized carbons (Fsp3) is 0.550. The van der Waals surface area contributed by atoms with Gasteiger partial charge >= 0.3 is 0 Å². The van der Waals surface area contributed by atoms with E-state index in [0.29, 0.717) is 17.6 Å². The summed E-state index contributed by atoms with van der Waals surface area (Å²) in [6.07, 6.45) is 8.56. The Morgan fingerprint density at radius 2 is 1.36 bits per heavy atom. The lowest BCUT2D eigenvalue weighted by molar-refractivity contribution is -0.112. The molecular weight excluding hydrogens is 272 g/mol. The molecule has 0 rings (SSSR count). The smallest absolute Gasteiger partial charge is 0.196 e. The molecule has 0 spiro atoms. The standard InChI is InChI=1S/C14H20O2.3C2H6/c1-5-8-12(9-6-2)14(16)13(10-7-3)11(4)15;3*1-2/h5,8-10,15H,4,6-7H2,1-3H3;3*1-2H3/b8-5-,12-9+,13-10+;;;. The number of Topliss-reactive ketones (excluding diaryl/α,β-unsaturated/α-hetero) is 1. The third-order valence-corrected chi connectivity index (χ3v) is 2.00. The lowest BCUT2D eigenvalue weighted by atomic mass is 10.00. The van der Waals surface area contributed by atoms with Crippen LogP contribution < -0.4 is 0 Å². The fourth-order valence-corrected chi connectivity index (χ4v) is 1.34. The molecule has 0 aromatic carbocycles. The molecule has 0 atom stereocenters. The Balaban J connectivity index is -0.000000238. The first-order valence-corrected chi connectivity index (χ1v) is 8.54. The summed E-state index contributed by atoms with van der Waals surface area (Å²) in [5.74, 6) is -0.340. The minimum atomic E-state index is -0.172. The number of allylic oxidation sites excluding steroid dienone is 6. The molecule has 0 aromatic heterocycles. The molecule has 0 bridgehead atoms. The zero-order valence-corrected chi connectivity index (χ0v) is 16.3. The summed E-state index contributed by atoms with van der Waals surface area (Å²) in [7, 11) is 0. The van der Waals surface area contributed by atoms with Gasteiger partial charge in [-0.2, -0.15) is 0 Å². The zero-order chi connectivity index (χ0) is 18.6. The van der Waals surface area contributed by atoms with E-state index in [4.69, 9.17) is 0 Å². The van der Waals surface area contributed by atoms with Gasteiger partial charge in [-0.1, -0.05) is 86.3 Å². The first-order valence-electron chi connectivity index (χ1n) is 8.54. The van der Waals surface area contributed by atoms with Crippen LogP contribution in [0.25, 0.3) is 0 Å². The number of carbonyl (C=O) groups is 1. The quantitative estimate of drug-likeness (QED) is 0.327. The summed E-state index contributed by atoms with van der Waals surface area (Å²) in [5, 5.41) is 9.36. The minimum absolute atomic E-state index is 0.168. The zero-order valence-electron chi connectivity index (χ0n) is 16.3. The summed E-state index contributed by atoms with van der Waals surface area (Å²) >= 11 is 0. The molecule has 1 N–H and O–H groups in total. The Kier molecular flexibility index (Phi) is 31.8. The average Bonchev–Trinajstić information content (AvgIpc) is 2.57. The number of aliphatic hydroxyl groups is 1. The van der Waals surface area contributed by atoms with Crippen molar-refractivity contribution in [1.29, 1.82) is 0 Å². The molecule has 0 aliphatic heterocycles.